The van der Waals surface area contributed by atoms with Crippen LogP contribution in [0.5, 0.6) is 0 Å². The summed E-state index contributed by atoms with van der Waals surface area (Å²) in [6, 6.07) is 15.1. The third-order valence-electron chi connectivity index (χ3n) is 7.41. The lowest BCUT2D eigenvalue weighted by atomic mass is 9.96. The van der Waals surface area contributed by atoms with Crippen LogP contribution in [0.4, 0.5) is 0 Å². The Labute approximate surface area is 213 Å². The molecule has 5 rings (SSSR count). The molecule has 1 N–H and O–H groups in total. The van der Waals surface area contributed by atoms with E-state index in [0.29, 0.717) is 0 Å². The van der Waals surface area contributed by atoms with E-state index in [9.17, 15) is 0 Å². The number of aryl methyl sites for hydroxylation is 3. The molecule has 2 atom stereocenters. The van der Waals surface area contributed by atoms with Crippen LogP contribution in [0.2, 0.25) is 0 Å². The van der Waals surface area contributed by atoms with Gasteiger partial charge >= 0.3 is 0 Å². The Morgan fingerprint density at radius 3 is 2.43 bits per heavy atom. The zero-order valence-electron chi connectivity index (χ0n) is 21.1. The summed E-state index contributed by atoms with van der Waals surface area (Å²) in [4.78, 5) is 9.56. The smallest absolute Gasteiger partial charge is 0.170 e. The number of thiocarbonyl (C=S) groups is 1. The molecule has 0 radical (unpaired) electrons. The fourth-order valence-electron chi connectivity index (χ4n) is 5.65. The van der Waals surface area contributed by atoms with Crippen LogP contribution in [-0.2, 0) is 4.74 Å². The van der Waals surface area contributed by atoms with Crippen molar-refractivity contribution >= 4 is 17.3 Å². The summed E-state index contributed by atoms with van der Waals surface area (Å²) < 4.78 is 7.96. The van der Waals surface area contributed by atoms with Gasteiger partial charge in [-0.2, -0.15) is 0 Å². The zero-order valence-corrected chi connectivity index (χ0v) is 21.9. The van der Waals surface area contributed by atoms with Gasteiger partial charge in [-0.3, -0.25) is 9.88 Å². The van der Waals surface area contributed by atoms with Gasteiger partial charge in [0, 0.05) is 43.8 Å². The van der Waals surface area contributed by atoms with E-state index in [-0.39, 0.29) is 12.1 Å². The number of para-hydroxylation sites is 1. The second-order valence-electron chi connectivity index (χ2n) is 9.68. The summed E-state index contributed by atoms with van der Waals surface area (Å²) in [6.07, 6.45) is 1.87. The Morgan fingerprint density at radius 2 is 1.74 bits per heavy atom. The topological polar surface area (TPSA) is 45.6 Å². The molecule has 3 aromatic rings. The molecule has 7 heteroatoms. The Hall–Kier alpha value is -2.74. The molecule has 4 heterocycles. The largest absolute Gasteiger partial charge is 0.379 e. The molecule has 0 bridgehead atoms. The number of hydrogen-bond acceptors (Lipinski definition) is 4. The number of pyridine rings is 1. The summed E-state index contributed by atoms with van der Waals surface area (Å²) in [5.41, 5.74) is 8.65. The van der Waals surface area contributed by atoms with Crippen molar-refractivity contribution in [3.63, 3.8) is 0 Å². The molecule has 35 heavy (non-hydrogen) atoms. The highest BCUT2D eigenvalue weighted by Gasteiger charge is 2.41. The van der Waals surface area contributed by atoms with E-state index in [4.69, 9.17) is 21.9 Å². The third-order valence-corrected chi connectivity index (χ3v) is 7.76. The summed E-state index contributed by atoms with van der Waals surface area (Å²) in [5, 5.41) is 4.42. The first-order chi connectivity index (χ1) is 17.0. The molecule has 2 aliphatic heterocycles. The third kappa shape index (κ3) is 4.60. The summed E-state index contributed by atoms with van der Waals surface area (Å²) in [6.45, 7) is 14.2. The maximum absolute atomic E-state index is 5.92. The van der Waals surface area contributed by atoms with Crippen molar-refractivity contribution in [1.29, 1.82) is 0 Å². The number of morpholine rings is 1. The molecule has 0 unspecified atom stereocenters. The molecular formula is C28H35N5OS. The quantitative estimate of drug-likeness (QED) is 0.518. The van der Waals surface area contributed by atoms with Crippen molar-refractivity contribution in [2.24, 2.45) is 0 Å². The number of nitrogens with zero attached hydrogens (tertiary/aromatic N) is 4. The SMILES string of the molecule is Cc1cccc(C)c1-n1c(C)cc([C@H]2[C@H](c3ccccn3)NC(=S)N2CCN2CCOCC2)c1C. The lowest BCUT2D eigenvalue weighted by molar-refractivity contribution is 0.0350. The minimum atomic E-state index is 0.000284. The van der Waals surface area contributed by atoms with Crippen LogP contribution in [0.1, 0.15) is 45.9 Å². The van der Waals surface area contributed by atoms with Gasteiger partial charge in [0.25, 0.3) is 0 Å². The van der Waals surface area contributed by atoms with Crippen molar-refractivity contribution in [2.75, 3.05) is 39.4 Å². The first kappa shape index (κ1) is 24.0. The summed E-state index contributed by atoms with van der Waals surface area (Å²) >= 11 is 5.92. The van der Waals surface area contributed by atoms with Crippen molar-refractivity contribution in [3.05, 3.63) is 82.4 Å². The molecule has 2 aromatic heterocycles. The molecule has 0 amide bonds. The van der Waals surface area contributed by atoms with E-state index in [1.54, 1.807) is 0 Å². The highest BCUT2D eigenvalue weighted by Crippen LogP contribution is 2.41. The van der Waals surface area contributed by atoms with Gasteiger partial charge in [0.05, 0.1) is 36.7 Å². The molecule has 6 nitrogen and oxygen atoms in total. The fourth-order valence-corrected chi connectivity index (χ4v) is 5.98. The van der Waals surface area contributed by atoms with E-state index in [1.165, 1.54) is 33.8 Å². The molecule has 2 fully saturated rings. The number of hydrogen-bond donors (Lipinski definition) is 1. The second kappa shape index (κ2) is 10.1. The zero-order chi connectivity index (χ0) is 24.5. The normalized spacial score (nSPS) is 20.9. The van der Waals surface area contributed by atoms with Gasteiger partial charge in [-0.15, -0.1) is 0 Å². The predicted octanol–water partition coefficient (Wildman–Crippen LogP) is 4.41. The maximum Gasteiger partial charge on any atom is 0.170 e. The first-order valence-electron chi connectivity index (χ1n) is 12.5. The fraction of sp³-hybridized carbons (Fsp3) is 0.429. The van der Waals surface area contributed by atoms with Crippen molar-refractivity contribution < 1.29 is 4.74 Å². The average Bonchev–Trinajstić information content (AvgIpc) is 3.34. The Kier molecular flexibility index (Phi) is 6.91. The number of benzene rings is 1. The van der Waals surface area contributed by atoms with E-state index in [1.807, 2.05) is 12.3 Å². The van der Waals surface area contributed by atoms with E-state index in [0.717, 1.165) is 50.2 Å². The number of ether oxygens (including phenoxy) is 1. The van der Waals surface area contributed by atoms with Crippen molar-refractivity contribution in [3.8, 4) is 5.69 Å². The highest BCUT2D eigenvalue weighted by atomic mass is 32.1. The Balaban J connectivity index is 1.55. The van der Waals surface area contributed by atoms with Crippen LogP contribution < -0.4 is 5.32 Å². The standard InChI is InChI=1S/C28H35N5OS/c1-19-8-7-9-20(2)26(19)33-21(3)18-23(22(33)4)27-25(24-10-5-6-11-29-24)30-28(35)32(27)13-12-31-14-16-34-17-15-31/h5-11,18,25,27H,12-17H2,1-4H3,(H,30,35)/t25-,27-/m0/s1. The van der Waals surface area contributed by atoms with Gasteiger partial charge < -0.3 is 19.5 Å². The molecule has 184 valence electrons. The Morgan fingerprint density at radius 1 is 1.00 bits per heavy atom. The number of nitrogens with one attached hydrogen (secondary N) is 1. The van der Waals surface area contributed by atoms with Crippen LogP contribution in [-0.4, -0.2) is 63.9 Å². The summed E-state index contributed by atoms with van der Waals surface area (Å²) in [7, 11) is 0. The van der Waals surface area contributed by atoms with E-state index >= 15 is 0 Å². The highest BCUT2D eigenvalue weighted by molar-refractivity contribution is 7.80. The predicted molar refractivity (Wildman–Crippen MR) is 144 cm³/mol. The molecular weight excluding hydrogens is 454 g/mol. The molecule has 0 saturated carbocycles. The van der Waals surface area contributed by atoms with Crippen LogP contribution in [0, 0.1) is 27.7 Å². The second-order valence-corrected chi connectivity index (χ2v) is 10.1. The molecule has 2 aliphatic rings. The van der Waals surface area contributed by atoms with Gasteiger partial charge in [-0.1, -0.05) is 24.3 Å². The van der Waals surface area contributed by atoms with E-state index < -0.39 is 0 Å². The lowest BCUT2D eigenvalue weighted by Crippen LogP contribution is -2.42. The Bertz CT molecular complexity index is 1180. The minimum absolute atomic E-state index is 0.000284. The van der Waals surface area contributed by atoms with Crippen LogP contribution in [0.15, 0.2) is 48.7 Å². The van der Waals surface area contributed by atoms with Crippen LogP contribution >= 0.6 is 12.2 Å². The summed E-state index contributed by atoms with van der Waals surface area (Å²) in [5.74, 6) is 0. The van der Waals surface area contributed by atoms with Crippen LogP contribution in [0.25, 0.3) is 5.69 Å². The number of aromatic nitrogens is 2. The van der Waals surface area contributed by atoms with Crippen LogP contribution in [0.3, 0.4) is 0 Å². The minimum Gasteiger partial charge on any atom is -0.379 e. The lowest BCUT2D eigenvalue weighted by Gasteiger charge is -2.32. The average molecular weight is 490 g/mol. The molecule has 0 spiro atoms. The van der Waals surface area contributed by atoms with E-state index in [2.05, 4.69) is 83.8 Å². The van der Waals surface area contributed by atoms with Crippen molar-refractivity contribution in [1.82, 2.24) is 24.7 Å². The number of rotatable bonds is 6. The monoisotopic (exact) mass is 489 g/mol. The van der Waals surface area contributed by atoms with Gasteiger partial charge in [0.2, 0.25) is 0 Å². The molecule has 1 aromatic carbocycles. The van der Waals surface area contributed by atoms with Gasteiger partial charge in [-0.05, 0) is 74.8 Å². The van der Waals surface area contributed by atoms with Gasteiger partial charge in [0.15, 0.2) is 5.11 Å². The van der Waals surface area contributed by atoms with Crippen molar-refractivity contribution in [2.45, 2.75) is 39.8 Å². The maximum atomic E-state index is 5.92. The van der Waals surface area contributed by atoms with Gasteiger partial charge in [0.1, 0.15) is 0 Å². The van der Waals surface area contributed by atoms with Gasteiger partial charge in [-0.25, -0.2) is 0 Å². The molecule has 0 aliphatic carbocycles. The first-order valence-corrected chi connectivity index (χ1v) is 12.9. The molecule has 2 saturated heterocycles.